The lowest BCUT2D eigenvalue weighted by molar-refractivity contribution is 0.391. The maximum Gasteiger partial charge on any atom is 0.271 e. The van der Waals surface area contributed by atoms with Crippen molar-refractivity contribution in [3.63, 3.8) is 0 Å². The van der Waals surface area contributed by atoms with Gasteiger partial charge in [-0.3, -0.25) is 4.72 Å². The Kier molecular flexibility index (Phi) is 6.60. The molecule has 2 aromatic carbocycles. The first-order valence-electron chi connectivity index (χ1n) is 10.4. The Hall–Kier alpha value is -2.69. The molecule has 1 aromatic heterocycles. The summed E-state index contributed by atoms with van der Waals surface area (Å²) >= 11 is 0.943. The second-order valence-electron chi connectivity index (χ2n) is 8.14. The van der Waals surface area contributed by atoms with E-state index in [1.165, 1.54) is 24.3 Å². The molecule has 0 aliphatic carbocycles. The van der Waals surface area contributed by atoms with Gasteiger partial charge in [-0.25, -0.2) is 17.2 Å². The third-order valence-corrected chi connectivity index (χ3v) is 8.33. The van der Waals surface area contributed by atoms with Crippen LogP contribution in [0.4, 0.5) is 20.2 Å². The zero-order valence-electron chi connectivity index (χ0n) is 18.4. The lowest BCUT2D eigenvalue weighted by atomic mass is 10.1. The standard InChI is InChI=1S/C23H25F2N3O3S2/c1-14-12-28(13-15(2)26-14)20-11-19(4-5-21(20)31-3)27-33(29,30)23-7-6-22(32-23)16-8-17(24)10-18(25)9-16/h4-11,14-15,26-27H,12-13H2,1-3H3/t14-,15+. The summed E-state index contributed by atoms with van der Waals surface area (Å²) in [7, 11) is -2.32. The first-order chi connectivity index (χ1) is 15.6. The number of thiophene rings is 1. The average molecular weight is 494 g/mol. The van der Waals surface area contributed by atoms with E-state index in [2.05, 4.69) is 28.8 Å². The first kappa shape index (κ1) is 23.5. The Morgan fingerprint density at radius 3 is 2.33 bits per heavy atom. The van der Waals surface area contributed by atoms with E-state index in [1.54, 1.807) is 25.3 Å². The Balaban J connectivity index is 1.60. The zero-order valence-corrected chi connectivity index (χ0v) is 20.1. The molecule has 2 atom stereocenters. The molecule has 10 heteroatoms. The van der Waals surface area contributed by atoms with Crippen molar-refractivity contribution in [2.45, 2.75) is 30.1 Å². The van der Waals surface area contributed by atoms with Gasteiger partial charge < -0.3 is 15.0 Å². The number of nitrogens with zero attached hydrogens (tertiary/aromatic N) is 1. The zero-order chi connectivity index (χ0) is 23.8. The van der Waals surface area contributed by atoms with Gasteiger partial charge in [-0.2, -0.15) is 0 Å². The number of ether oxygens (including phenoxy) is 1. The smallest absolute Gasteiger partial charge is 0.271 e. The topological polar surface area (TPSA) is 70.7 Å². The minimum Gasteiger partial charge on any atom is -0.495 e. The van der Waals surface area contributed by atoms with E-state index in [0.29, 0.717) is 16.3 Å². The second kappa shape index (κ2) is 9.28. The summed E-state index contributed by atoms with van der Waals surface area (Å²) in [5, 5.41) is 3.47. The minimum atomic E-state index is -3.90. The van der Waals surface area contributed by atoms with Crippen molar-refractivity contribution in [3.8, 4) is 16.2 Å². The van der Waals surface area contributed by atoms with Gasteiger partial charge in [-0.1, -0.05) is 0 Å². The SMILES string of the molecule is COc1ccc(NS(=O)(=O)c2ccc(-c3cc(F)cc(F)c3)s2)cc1N1C[C@@H](C)N[C@@H](C)C1. The quantitative estimate of drug-likeness (QED) is 0.521. The van der Waals surface area contributed by atoms with Crippen LogP contribution in [0.15, 0.2) is 52.7 Å². The maximum absolute atomic E-state index is 13.6. The Morgan fingerprint density at radius 1 is 1.03 bits per heavy atom. The molecular weight excluding hydrogens is 468 g/mol. The summed E-state index contributed by atoms with van der Waals surface area (Å²) < 4.78 is 61.3. The number of piperazine rings is 1. The molecular formula is C23H25F2N3O3S2. The number of rotatable bonds is 6. The molecule has 1 saturated heterocycles. The molecule has 0 bridgehead atoms. The molecule has 0 saturated carbocycles. The Bertz CT molecular complexity index is 1230. The summed E-state index contributed by atoms with van der Waals surface area (Å²) in [6, 6.07) is 11.8. The molecule has 0 amide bonds. The van der Waals surface area contributed by atoms with Crippen LogP contribution in [0.1, 0.15) is 13.8 Å². The van der Waals surface area contributed by atoms with Crippen LogP contribution in [0.5, 0.6) is 5.75 Å². The van der Waals surface area contributed by atoms with Gasteiger partial charge in [0.05, 0.1) is 18.5 Å². The number of hydrogen-bond donors (Lipinski definition) is 2. The molecule has 1 aliphatic heterocycles. The maximum atomic E-state index is 13.6. The number of methoxy groups -OCH3 is 1. The summed E-state index contributed by atoms with van der Waals surface area (Å²) in [6.45, 7) is 5.71. The molecule has 0 spiro atoms. The number of benzene rings is 2. The molecule has 0 unspecified atom stereocenters. The predicted molar refractivity (Wildman–Crippen MR) is 128 cm³/mol. The van der Waals surface area contributed by atoms with Crippen molar-refractivity contribution >= 4 is 32.7 Å². The molecule has 1 aliphatic rings. The van der Waals surface area contributed by atoms with Crippen LogP contribution in [0.25, 0.3) is 10.4 Å². The van der Waals surface area contributed by atoms with Crippen molar-refractivity contribution in [3.05, 3.63) is 60.2 Å². The van der Waals surface area contributed by atoms with Gasteiger partial charge >= 0.3 is 0 Å². The van der Waals surface area contributed by atoms with Crippen molar-refractivity contribution in [2.75, 3.05) is 29.8 Å². The largest absolute Gasteiger partial charge is 0.495 e. The number of hydrogen-bond acceptors (Lipinski definition) is 6. The molecule has 0 radical (unpaired) electrons. The molecule has 33 heavy (non-hydrogen) atoms. The van der Waals surface area contributed by atoms with Crippen molar-refractivity contribution in [1.82, 2.24) is 5.32 Å². The normalized spacial score (nSPS) is 18.9. The van der Waals surface area contributed by atoms with Crippen LogP contribution < -0.4 is 19.7 Å². The molecule has 6 nitrogen and oxygen atoms in total. The molecule has 176 valence electrons. The van der Waals surface area contributed by atoms with Crippen molar-refractivity contribution in [2.24, 2.45) is 0 Å². The van der Waals surface area contributed by atoms with Gasteiger partial charge in [-0.05, 0) is 61.9 Å². The summed E-state index contributed by atoms with van der Waals surface area (Å²) in [4.78, 5) is 2.62. The van der Waals surface area contributed by atoms with Gasteiger partial charge in [-0.15, -0.1) is 11.3 Å². The predicted octanol–water partition coefficient (Wildman–Crippen LogP) is 4.69. The van der Waals surface area contributed by atoms with Gasteiger partial charge in [0.25, 0.3) is 10.0 Å². The van der Waals surface area contributed by atoms with Crippen molar-refractivity contribution < 1.29 is 21.9 Å². The number of nitrogens with one attached hydrogen (secondary N) is 2. The van der Waals surface area contributed by atoms with Gasteiger partial charge in [0.2, 0.25) is 0 Å². The third-order valence-electron chi connectivity index (χ3n) is 5.32. The lowest BCUT2D eigenvalue weighted by Crippen LogP contribution is -2.54. The fraction of sp³-hybridized carbons (Fsp3) is 0.304. The summed E-state index contributed by atoms with van der Waals surface area (Å²) in [5.74, 6) is -0.780. The van der Waals surface area contributed by atoms with Crippen LogP contribution >= 0.6 is 11.3 Å². The van der Waals surface area contributed by atoms with Crippen LogP contribution in [0, 0.1) is 11.6 Å². The Morgan fingerprint density at radius 2 is 1.70 bits per heavy atom. The number of sulfonamides is 1. The molecule has 2 heterocycles. The van der Waals surface area contributed by atoms with Crippen LogP contribution in [0.3, 0.4) is 0 Å². The van der Waals surface area contributed by atoms with E-state index in [1.807, 2.05) is 0 Å². The highest BCUT2D eigenvalue weighted by molar-refractivity contribution is 7.94. The number of anilines is 2. The molecule has 4 rings (SSSR count). The Labute approximate surface area is 196 Å². The first-order valence-corrected chi connectivity index (χ1v) is 12.7. The fourth-order valence-electron chi connectivity index (χ4n) is 4.05. The van der Waals surface area contributed by atoms with E-state index in [4.69, 9.17) is 4.74 Å². The minimum absolute atomic E-state index is 0.0453. The highest BCUT2D eigenvalue weighted by Gasteiger charge is 2.25. The molecule has 3 aromatic rings. The van der Waals surface area contributed by atoms with E-state index >= 15 is 0 Å². The fourth-order valence-corrected chi connectivity index (χ4v) is 6.39. The van der Waals surface area contributed by atoms with Gasteiger partial charge in [0.1, 0.15) is 21.6 Å². The van der Waals surface area contributed by atoms with Crippen LogP contribution in [-0.4, -0.2) is 40.7 Å². The monoisotopic (exact) mass is 493 g/mol. The van der Waals surface area contributed by atoms with Crippen LogP contribution in [-0.2, 0) is 10.0 Å². The van der Waals surface area contributed by atoms with E-state index < -0.39 is 21.7 Å². The molecule has 2 N–H and O–H groups in total. The van der Waals surface area contributed by atoms with Crippen molar-refractivity contribution in [1.29, 1.82) is 0 Å². The highest BCUT2D eigenvalue weighted by Crippen LogP contribution is 2.35. The van der Waals surface area contributed by atoms with E-state index in [9.17, 15) is 17.2 Å². The van der Waals surface area contributed by atoms with Gasteiger partial charge in [0, 0.05) is 36.1 Å². The average Bonchev–Trinajstić information content (AvgIpc) is 3.23. The lowest BCUT2D eigenvalue weighted by Gasteiger charge is -2.38. The van der Waals surface area contributed by atoms with Crippen LogP contribution in [0.2, 0.25) is 0 Å². The number of halogens is 2. The molecule has 1 fully saturated rings. The van der Waals surface area contributed by atoms with E-state index in [-0.39, 0.29) is 21.9 Å². The highest BCUT2D eigenvalue weighted by atomic mass is 32.2. The van der Waals surface area contributed by atoms with E-state index in [0.717, 1.165) is 36.2 Å². The second-order valence-corrected chi connectivity index (χ2v) is 11.1. The summed E-state index contributed by atoms with van der Waals surface area (Å²) in [5.41, 5.74) is 1.49. The van der Waals surface area contributed by atoms with Gasteiger partial charge in [0.15, 0.2) is 0 Å². The third kappa shape index (κ3) is 5.29. The summed E-state index contributed by atoms with van der Waals surface area (Å²) in [6.07, 6.45) is 0.